The molecule has 31 heavy (non-hydrogen) atoms. The summed E-state index contributed by atoms with van der Waals surface area (Å²) < 4.78 is 19.8. The van der Waals surface area contributed by atoms with Crippen LogP contribution in [0.15, 0.2) is 46.0 Å². The Morgan fingerprint density at radius 1 is 0.839 bits per heavy atom. The molecule has 7 heteroatoms. The molecule has 0 amide bonds. The summed E-state index contributed by atoms with van der Waals surface area (Å²) in [6.45, 7) is 0.759. The first kappa shape index (κ1) is 19.8. The van der Waals surface area contributed by atoms with Crippen molar-refractivity contribution in [1.29, 1.82) is 0 Å². The maximum atomic E-state index is 13.4. The number of pyridine rings is 1. The van der Waals surface area contributed by atoms with Gasteiger partial charge in [-0.25, -0.2) is 0 Å². The topological polar surface area (TPSA) is 66.8 Å². The molecule has 0 saturated carbocycles. The third kappa shape index (κ3) is 2.80. The molecular formula is C24H21NO5S. The van der Waals surface area contributed by atoms with E-state index in [1.807, 2.05) is 18.2 Å². The van der Waals surface area contributed by atoms with Crippen molar-refractivity contribution in [2.75, 3.05) is 27.9 Å². The van der Waals surface area contributed by atoms with Crippen molar-refractivity contribution >= 4 is 53.1 Å². The standard InChI is InChI=1S/C24H21NO5S/c1-28-10-6-9-25-23(26)14-11-16(29-2)20-13-7-4-5-8-18(13)31-22-17(30-3)12-15(24(25)27)19(14)21(20)22/h4-5,7-8,11-12H,6,9-10H2,1-3H3. The highest BCUT2D eigenvalue weighted by atomic mass is 32.1. The van der Waals surface area contributed by atoms with Crippen LogP contribution in [0.1, 0.15) is 6.42 Å². The number of nitrogens with zero attached hydrogens (tertiary/aromatic N) is 1. The van der Waals surface area contributed by atoms with E-state index in [9.17, 15) is 9.59 Å². The van der Waals surface area contributed by atoms with E-state index in [1.54, 1.807) is 44.8 Å². The third-order valence-corrected chi connectivity index (χ3v) is 6.96. The first-order valence-corrected chi connectivity index (χ1v) is 10.8. The molecule has 5 aromatic rings. The van der Waals surface area contributed by atoms with Gasteiger partial charge in [-0.3, -0.25) is 14.2 Å². The van der Waals surface area contributed by atoms with Crippen molar-refractivity contribution in [3.63, 3.8) is 0 Å². The smallest absolute Gasteiger partial charge is 0.261 e. The van der Waals surface area contributed by atoms with Gasteiger partial charge in [0.25, 0.3) is 11.1 Å². The van der Waals surface area contributed by atoms with E-state index >= 15 is 0 Å². The summed E-state index contributed by atoms with van der Waals surface area (Å²) in [5, 5.41) is 4.37. The highest BCUT2D eigenvalue weighted by molar-refractivity contribution is 7.25. The van der Waals surface area contributed by atoms with Crippen LogP contribution in [0.2, 0.25) is 0 Å². The number of fused-ring (bicyclic) bond motifs is 2. The van der Waals surface area contributed by atoms with Gasteiger partial charge in [-0.1, -0.05) is 18.2 Å². The van der Waals surface area contributed by atoms with Crippen molar-refractivity contribution in [3.8, 4) is 11.5 Å². The summed E-state index contributed by atoms with van der Waals surface area (Å²) in [6.07, 6.45) is 0.570. The van der Waals surface area contributed by atoms with Gasteiger partial charge < -0.3 is 14.2 Å². The second-order valence-corrected chi connectivity index (χ2v) is 8.47. The molecule has 0 bridgehead atoms. The normalized spacial score (nSPS) is 11.8. The summed E-state index contributed by atoms with van der Waals surface area (Å²) in [4.78, 5) is 26.8. The van der Waals surface area contributed by atoms with Crippen LogP contribution in [0.25, 0.3) is 41.7 Å². The molecule has 0 radical (unpaired) electrons. The van der Waals surface area contributed by atoms with Gasteiger partial charge in [0, 0.05) is 46.5 Å². The predicted octanol–water partition coefficient (Wildman–Crippen LogP) is 4.37. The fourth-order valence-electron chi connectivity index (χ4n) is 4.40. The molecule has 158 valence electrons. The van der Waals surface area contributed by atoms with Gasteiger partial charge in [-0.15, -0.1) is 11.3 Å². The van der Waals surface area contributed by atoms with E-state index in [2.05, 4.69) is 6.07 Å². The molecule has 0 aliphatic carbocycles. The quantitative estimate of drug-likeness (QED) is 0.225. The Labute approximate surface area is 181 Å². The average Bonchev–Trinajstić information content (AvgIpc) is 2.80. The Morgan fingerprint density at radius 3 is 2.19 bits per heavy atom. The lowest BCUT2D eigenvalue weighted by Gasteiger charge is -2.18. The summed E-state index contributed by atoms with van der Waals surface area (Å²) in [5.41, 5.74) is -0.614. The molecule has 0 saturated heterocycles. The van der Waals surface area contributed by atoms with Crippen molar-refractivity contribution < 1.29 is 14.2 Å². The SMILES string of the molecule is COCCCn1c(=O)c2cc(OC)c3sc4ccccc4c4c(OC)cc(c1=O)c2c34. The Bertz CT molecular complexity index is 1530. The minimum absolute atomic E-state index is 0.290. The highest BCUT2D eigenvalue weighted by Crippen LogP contribution is 2.47. The molecule has 6 nitrogen and oxygen atoms in total. The van der Waals surface area contributed by atoms with Crippen molar-refractivity contribution in [2.24, 2.45) is 0 Å². The molecule has 2 heterocycles. The van der Waals surface area contributed by atoms with Crippen LogP contribution in [-0.2, 0) is 11.3 Å². The van der Waals surface area contributed by atoms with Crippen molar-refractivity contribution in [3.05, 3.63) is 57.1 Å². The summed E-state index contributed by atoms with van der Waals surface area (Å²) in [7, 11) is 4.80. The van der Waals surface area contributed by atoms with Crippen LogP contribution < -0.4 is 20.6 Å². The number of hydrogen-bond acceptors (Lipinski definition) is 6. The van der Waals surface area contributed by atoms with E-state index in [0.717, 1.165) is 25.6 Å². The lowest BCUT2D eigenvalue weighted by Crippen LogP contribution is -2.33. The minimum Gasteiger partial charge on any atom is -0.496 e. The van der Waals surface area contributed by atoms with Crippen molar-refractivity contribution in [2.45, 2.75) is 13.0 Å². The Morgan fingerprint density at radius 2 is 1.52 bits per heavy atom. The second-order valence-electron chi connectivity index (χ2n) is 7.41. The molecular weight excluding hydrogens is 414 g/mol. The number of hydrogen-bond donors (Lipinski definition) is 0. The molecule has 3 aromatic carbocycles. The van der Waals surface area contributed by atoms with Gasteiger partial charge in [0.2, 0.25) is 0 Å². The van der Waals surface area contributed by atoms with Crippen LogP contribution in [0, 0.1) is 0 Å². The molecule has 0 fully saturated rings. The summed E-state index contributed by atoms with van der Waals surface area (Å²) >= 11 is 1.58. The number of aromatic nitrogens is 1. The first-order valence-electron chi connectivity index (χ1n) is 9.98. The monoisotopic (exact) mass is 435 g/mol. The molecule has 0 spiro atoms. The lowest BCUT2D eigenvalue weighted by molar-refractivity contribution is 0.189. The van der Waals surface area contributed by atoms with Crippen molar-refractivity contribution in [1.82, 2.24) is 4.57 Å². The van der Waals surface area contributed by atoms with Crippen LogP contribution in [0.3, 0.4) is 0 Å². The number of rotatable bonds is 6. The summed E-state index contributed by atoms with van der Waals surface area (Å²) in [5.74, 6) is 1.22. The fourth-order valence-corrected chi connectivity index (χ4v) is 5.60. The van der Waals surface area contributed by atoms with Gasteiger partial charge in [0.15, 0.2) is 0 Å². The molecule has 0 N–H and O–H groups in total. The zero-order valence-electron chi connectivity index (χ0n) is 17.5. The first-order chi connectivity index (χ1) is 15.1. The zero-order chi connectivity index (χ0) is 21.7. The number of ether oxygens (including phenoxy) is 3. The highest BCUT2D eigenvalue weighted by Gasteiger charge is 2.23. The molecule has 2 aromatic heterocycles. The van der Waals surface area contributed by atoms with Crippen LogP contribution in [0.4, 0.5) is 0 Å². The molecule has 5 rings (SSSR count). The maximum Gasteiger partial charge on any atom is 0.261 e. The van der Waals surface area contributed by atoms with Gasteiger partial charge in [0.05, 0.1) is 29.7 Å². The maximum absolute atomic E-state index is 13.4. The average molecular weight is 436 g/mol. The molecule has 0 aliphatic rings. The Hall–Kier alpha value is -3.16. The van der Waals surface area contributed by atoms with Gasteiger partial charge in [-0.05, 0) is 24.6 Å². The lowest BCUT2D eigenvalue weighted by atomic mass is 9.96. The van der Waals surface area contributed by atoms with Crippen LogP contribution in [0.5, 0.6) is 11.5 Å². The molecule has 0 aliphatic heterocycles. The molecule has 0 atom stereocenters. The van der Waals surface area contributed by atoms with Gasteiger partial charge in [0.1, 0.15) is 11.5 Å². The van der Waals surface area contributed by atoms with Crippen LogP contribution in [-0.4, -0.2) is 32.5 Å². The van der Waals surface area contributed by atoms with Gasteiger partial charge in [-0.2, -0.15) is 0 Å². The van der Waals surface area contributed by atoms with Gasteiger partial charge >= 0.3 is 0 Å². The van der Waals surface area contributed by atoms with E-state index < -0.39 is 0 Å². The summed E-state index contributed by atoms with van der Waals surface area (Å²) in [6, 6.07) is 11.6. The molecule has 0 unspecified atom stereocenters. The Kier molecular flexibility index (Phi) is 4.79. The zero-order valence-corrected chi connectivity index (χ0v) is 18.3. The fraction of sp³-hybridized carbons (Fsp3) is 0.250. The van der Waals surface area contributed by atoms with E-state index in [0.29, 0.717) is 40.7 Å². The minimum atomic E-state index is -0.307. The van der Waals surface area contributed by atoms with E-state index in [-0.39, 0.29) is 17.7 Å². The number of benzene rings is 3. The van der Waals surface area contributed by atoms with E-state index in [4.69, 9.17) is 14.2 Å². The Balaban J connectivity index is 2.05. The van der Waals surface area contributed by atoms with Crippen LogP contribution >= 0.6 is 11.3 Å². The largest absolute Gasteiger partial charge is 0.496 e. The van der Waals surface area contributed by atoms with E-state index in [1.165, 1.54) is 4.57 Å². The third-order valence-electron chi connectivity index (χ3n) is 5.78. The predicted molar refractivity (Wildman–Crippen MR) is 126 cm³/mol. The number of methoxy groups -OCH3 is 3. The second kappa shape index (κ2) is 7.51.